The molecule has 156 valence electrons. The fourth-order valence-electron chi connectivity index (χ4n) is 3.39. The summed E-state index contributed by atoms with van der Waals surface area (Å²) in [7, 11) is 0. The highest BCUT2D eigenvalue weighted by atomic mass is 35.5. The Labute approximate surface area is 184 Å². The predicted octanol–water partition coefficient (Wildman–Crippen LogP) is 4.57. The maximum Gasteiger partial charge on any atom is 0.251 e. The van der Waals surface area contributed by atoms with Crippen molar-refractivity contribution < 1.29 is 9.59 Å². The number of imidazole rings is 1. The van der Waals surface area contributed by atoms with E-state index < -0.39 is 0 Å². The van der Waals surface area contributed by atoms with E-state index in [2.05, 4.69) is 15.6 Å². The van der Waals surface area contributed by atoms with E-state index in [4.69, 9.17) is 11.6 Å². The van der Waals surface area contributed by atoms with Gasteiger partial charge in [0.15, 0.2) is 0 Å². The zero-order valence-electron chi connectivity index (χ0n) is 16.9. The maximum absolute atomic E-state index is 12.7. The van der Waals surface area contributed by atoms with E-state index in [1.54, 1.807) is 30.3 Å². The van der Waals surface area contributed by atoms with Gasteiger partial charge in [-0.05, 0) is 49.4 Å². The number of fused-ring (bicyclic) bond motifs is 1. The molecule has 1 heterocycles. The van der Waals surface area contributed by atoms with Gasteiger partial charge in [0, 0.05) is 16.3 Å². The van der Waals surface area contributed by atoms with E-state index >= 15 is 0 Å². The standard InChI is InChI=1S/C24H21ClN4O2/c1-16-6-4-7-17(12-16)24(31)26-14-22-28-20-10-2-3-11-21(20)29(22)15-23(30)27-19-9-5-8-18(25)13-19/h2-13H,14-15H2,1H3,(H,26,31)(H,27,30). The van der Waals surface area contributed by atoms with Crippen LogP contribution in [-0.2, 0) is 17.9 Å². The van der Waals surface area contributed by atoms with Gasteiger partial charge in [0.2, 0.25) is 5.91 Å². The lowest BCUT2D eigenvalue weighted by molar-refractivity contribution is -0.116. The molecule has 2 amide bonds. The smallest absolute Gasteiger partial charge is 0.251 e. The molecule has 31 heavy (non-hydrogen) atoms. The summed E-state index contributed by atoms with van der Waals surface area (Å²) in [6.45, 7) is 2.20. The highest BCUT2D eigenvalue weighted by molar-refractivity contribution is 6.30. The Hall–Kier alpha value is -3.64. The second-order valence-corrected chi connectivity index (χ2v) is 7.65. The molecule has 0 aliphatic carbocycles. The molecule has 4 aromatic rings. The van der Waals surface area contributed by atoms with Crippen molar-refractivity contribution in [3.8, 4) is 0 Å². The number of hydrogen-bond acceptors (Lipinski definition) is 3. The van der Waals surface area contributed by atoms with Crippen molar-refractivity contribution in [1.82, 2.24) is 14.9 Å². The molecule has 2 N–H and O–H groups in total. The zero-order chi connectivity index (χ0) is 21.8. The molecule has 0 atom stereocenters. The molecule has 4 rings (SSSR count). The average molecular weight is 433 g/mol. The number of rotatable bonds is 6. The van der Waals surface area contributed by atoms with Crippen molar-refractivity contribution in [2.45, 2.75) is 20.0 Å². The lowest BCUT2D eigenvalue weighted by Crippen LogP contribution is -2.26. The number of nitrogens with one attached hydrogen (secondary N) is 2. The summed E-state index contributed by atoms with van der Waals surface area (Å²) in [5.41, 5.74) is 3.80. The fourth-order valence-corrected chi connectivity index (χ4v) is 3.59. The quantitative estimate of drug-likeness (QED) is 0.468. The number of anilines is 1. The highest BCUT2D eigenvalue weighted by Crippen LogP contribution is 2.18. The van der Waals surface area contributed by atoms with Crippen LogP contribution in [0, 0.1) is 6.92 Å². The van der Waals surface area contributed by atoms with Crippen molar-refractivity contribution in [3.05, 3.63) is 94.8 Å². The van der Waals surface area contributed by atoms with Crippen LogP contribution in [0.15, 0.2) is 72.8 Å². The molecule has 0 unspecified atom stereocenters. The number of aromatic nitrogens is 2. The minimum Gasteiger partial charge on any atom is -0.345 e. The second-order valence-electron chi connectivity index (χ2n) is 7.21. The summed E-state index contributed by atoms with van der Waals surface area (Å²) in [4.78, 5) is 29.9. The van der Waals surface area contributed by atoms with Gasteiger partial charge in [-0.25, -0.2) is 4.98 Å². The Kier molecular flexibility index (Phi) is 6.00. The number of nitrogens with zero attached hydrogens (tertiary/aromatic N) is 2. The van der Waals surface area contributed by atoms with Crippen molar-refractivity contribution >= 4 is 40.1 Å². The third-order valence-corrected chi connectivity index (χ3v) is 5.07. The lowest BCUT2D eigenvalue weighted by Gasteiger charge is -2.11. The molecule has 0 saturated heterocycles. The number of carbonyl (C=O) groups excluding carboxylic acids is 2. The lowest BCUT2D eigenvalue weighted by atomic mass is 10.1. The van der Waals surface area contributed by atoms with Crippen LogP contribution in [0.2, 0.25) is 5.02 Å². The van der Waals surface area contributed by atoms with E-state index in [1.165, 1.54) is 0 Å². The van der Waals surface area contributed by atoms with Gasteiger partial charge in [-0.3, -0.25) is 9.59 Å². The van der Waals surface area contributed by atoms with E-state index in [1.807, 2.05) is 54.0 Å². The van der Waals surface area contributed by atoms with Crippen LogP contribution in [0.3, 0.4) is 0 Å². The minimum atomic E-state index is -0.211. The number of amides is 2. The van der Waals surface area contributed by atoms with Crippen molar-refractivity contribution in [2.24, 2.45) is 0 Å². The third kappa shape index (κ3) is 4.92. The van der Waals surface area contributed by atoms with Gasteiger partial charge in [0.1, 0.15) is 12.4 Å². The van der Waals surface area contributed by atoms with Crippen LogP contribution in [0.4, 0.5) is 5.69 Å². The highest BCUT2D eigenvalue weighted by Gasteiger charge is 2.15. The molecule has 0 spiro atoms. The molecular weight excluding hydrogens is 412 g/mol. The zero-order valence-corrected chi connectivity index (χ0v) is 17.7. The summed E-state index contributed by atoms with van der Waals surface area (Å²) in [5, 5.41) is 6.30. The Morgan fingerprint density at radius 3 is 2.61 bits per heavy atom. The van der Waals surface area contributed by atoms with Gasteiger partial charge in [-0.1, -0.05) is 47.5 Å². The SMILES string of the molecule is Cc1cccc(C(=O)NCc2nc3ccccc3n2CC(=O)Nc2cccc(Cl)c2)c1. The Morgan fingerprint density at radius 1 is 1.00 bits per heavy atom. The van der Waals surface area contributed by atoms with E-state index in [0.29, 0.717) is 22.1 Å². The molecule has 0 fully saturated rings. The monoisotopic (exact) mass is 432 g/mol. The molecular formula is C24H21ClN4O2. The van der Waals surface area contributed by atoms with Gasteiger partial charge in [0.05, 0.1) is 17.6 Å². The van der Waals surface area contributed by atoms with Crippen molar-refractivity contribution in [1.29, 1.82) is 0 Å². The Bertz CT molecular complexity index is 1270. The number of benzene rings is 3. The van der Waals surface area contributed by atoms with Gasteiger partial charge in [-0.2, -0.15) is 0 Å². The number of carbonyl (C=O) groups is 2. The van der Waals surface area contributed by atoms with Crippen LogP contribution in [0.1, 0.15) is 21.7 Å². The summed E-state index contributed by atoms with van der Waals surface area (Å²) in [5.74, 6) is 0.200. The maximum atomic E-state index is 12.7. The van der Waals surface area contributed by atoms with Crippen molar-refractivity contribution in [2.75, 3.05) is 5.32 Å². The first kappa shape index (κ1) is 20.6. The number of hydrogen-bond donors (Lipinski definition) is 2. The van der Waals surface area contributed by atoms with Crippen molar-refractivity contribution in [3.63, 3.8) is 0 Å². The van der Waals surface area contributed by atoms with Crippen LogP contribution >= 0.6 is 11.6 Å². The van der Waals surface area contributed by atoms with Gasteiger partial charge in [-0.15, -0.1) is 0 Å². The molecule has 0 aliphatic heterocycles. The number of halogens is 1. The topological polar surface area (TPSA) is 76.0 Å². The van der Waals surface area contributed by atoms with Crippen LogP contribution in [-0.4, -0.2) is 21.4 Å². The summed E-state index contributed by atoms with van der Waals surface area (Å²) in [6, 6.07) is 21.9. The molecule has 0 aliphatic rings. The molecule has 0 bridgehead atoms. The first-order valence-corrected chi connectivity index (χ1v) is 10.2. The molecule has 0 saturated carbocycles. The van der Waals surface area contributed by atoms with Gasteiger partial charge < -0.3 is 15.2 Å². The molecule has 7 heteroatoms. The van der Waals surface area contributed by atoms with Gasteiger partial charge >= 0.3 is 0 Å². The molecule has 6 nitrogen and oxygen atoms in total. The van der Waals surface area contributed by atoms with E-state index in [0.717, 1.165) is 16.6 Å². The van der Waals surface area contributed by atoms with Gasteiger partial charge in [0.25, 0.3) is 5.91 Å². The largest absolute Gasteiger partial charge is 0.345 e. The average Bonchev–Trinajstić information content (AvgIpc) is 3.09. The summed E-state index contributed by atoms with van der Waals surface area (Å²) in [6.07, 6.45) is 0. The normalized spacial score (nSPS) is 10.8. The van der Waals surface area contributed by atoms with Crippen LogP contribution in [0.5, 0.6) is 0 Å². The molecule has 3 aromatic carbocycles. The fraction of sp³-hybridized carbons (Fsp3) is 0.125. The minimum absolute atomic E-state index is 0.0582. The predicted molar refractivity (Wildman–Crippen MR) is 122 cm³/mol. The number of para-hydroxylation sites is 2. The van der Waals surface area contributed by atoms with E-state index in [-0.39, 0.29) is 24.9 Å². The summed E-state index contributed by atoms with van der Waals surface area (Å²) < 4.78 is 1.81. The third-order valence-electron chi connectivity index (χ3n) is 4.83. The Balaban J connectivity index is 1.54. The van der Waals surface area contributed by atoms with E-state index in [9.17, 15) is 9.59 Å². The summed E-state index contributed by atoms with van der Waals surface area (Å²) >= 11 is 6.00. The molecule has 0 radical (unpaired) electrons. The second kappa shape index (κ2) is 9.02. The Morgan fingerprint density at radius 2 is 1.81 bits per heavy atom. The number of aryl methyl sites for hydroxylation is 1. The van der Waals surface area contributed by atoms with Crippen LogP contribution in [0.25, 0.3) is 11.0 Å². The van der Waals surface area contributed by atoms with Crippen LogP contribution < -0.4 is 10.6 Å². The first-order chi connectivity index (χ1) is 15.0. The molecule has 1 aromatic heterocycles. The first-order valence-electron chi connectivity index (χ1n) is 9.84.